The van der Waals surface area contributed by atoms with Gasteiger partial charge in [0.1, 0.15) is 0 Å². The molecule has 0 aromatic rings. The van der Waals surface area contributed by atoms with Gasteiger partial charge in [-0.3, -0.25) is 0 Å². The van der Waals surface area contributed by atoms with Crippen molar-refractivity contribution in [2.75, 3.05) is 26.3 Å². The van der Waals surface area contributed by atoms with Crippen LogP contribution in [0.1, 0.15) is 39.0 Å². The summed E-state index contributed by atoms with van der Waals surface area (Å²) in [7, 11) is 0. The van der Waals surface area contributed by atoms with E-state index in [4.69, 9.17) is 4.74 Å². The van der Waals surface area contributed by atoms with Gasteiger partial charge in [0, 0.05) is 13.1 Å². The molecular formula is C13H23NO. The van der Waals surface area contributed by atoms with E-state index in [0.29, 0.717) is 5.41 Å². The Hall–Kier alpha value is -0.340. The van der Waals surface area contributed by atoms with Crippen LogP contribution in [0.5, 0.6) is 0 Å². The van der Waals surface area contributed by atoms with Crippen molar-refractivity contribution in [1.82, 2.24) is 5.32 Å². The van der Waals surface area contributed by atoms with Gasteiger partial charge in [-0.05, 0) is 36.7 Å². The minimum absolute atomic E-state index is 0.635. The van der Waals surface area contributed by atoms with Crippen LogP contribution >= 0.6 is 0 Å². The number of nitrogens with one attached hydrogen (secondary N) is 1. The Morgan fingerprint density at radius 3 is 2.87 bits per heavy atom. The van der Waals surface area contributed by atoms with Crippen molar-refractivity contribution in [3.05, 3.63) is 11.6 Å². The molecular weight excluding hydrogens is 186 g/mol. The standard InChI is InChI=1S/C13H23NO/c1-2-13(6-4-7-13)11-14-9-12-5-3-8-15-10-12/h5,14H,2-4,6-11H2,1H3. The summed E-state index contributed by atoms with van der Waals surface area (Å²) in [6.07, 6.45) is 9.03. The highest BCUT2D eigenvalue weighted by molar-refractivity contribution is 5.07. The van der Waals surface area contributed by atoms with Gasteiger partial charge in [0.15, 0.2) is 0 Å². The van der Waals surface area contributed by atoms with Crippen molar-refractivity contribution in [3.63, 3.8) is 0 Å². The molecule has 0 aromatic heterocycles. The molecule has 1 fully saturated rings. The molecule has 1 saturated carbocycles. The van der Waals surface area contributed by atoms with Gasteiger partial charge >= 0.3 is 0 Å². The summed E-state index contributed by atoms with van der Waals surface area (Å²) < 4.78 is 5.42. The third kappa shape index (κ3) is 2.82. The summed E-state index contributed by atoms with van der Waals surface area (Å²) in [5.41, 5.74) is 2.07. The van der Waals surface area contributed by atoms with E-state index in [2.05, 4.69) is 18.3 Å². The van der Waals surface area contributed by atoms with Crippen LogP contribution in [0.3, 0.4) is 0 Å². The Bertz CT molecular complexity index is 225. The number of hydrogen-bond donors (Lipinski definition) is 1. The summed E-state index contributed by atoms with van der Waals surface area (Å²) in [5, 5.41) is 3.60. The molecule has 2 heteroatoms. The molecule has 2 nitrogen and oxygen atoms in total. The van der Waals surface area contributed by atoms with Crippen LogP contribution in [0.25, 0.3) is 0 Å². The Kier molecular flexibility index (Phi) is 3.81. The summed E-state index contributed by atoms with van der Waals surface area (Å²) >= 11 is 0. The van der Waals surface area contributed by atoms with Crippen molar-refractivity contribution in [2.24, 2.45) is 5.41 Å². The number of rotatable bonds is 5. The predicted molar refractivity (Wildman–Crippen MR) is 63.0 cm³/mol. The van der Waals surface area contributed by atoms with Crippen LogP contribution in [0, 0.1) is 5.41 Å². The molecule has 1 heterocycles. The molecule has 0 saturated heterocycles. The lowest BCUT2D eigenvalue weighted by Crippen LogP contribution is -2.40. The number of hydrogen-bond acceptors (Lipinski definition) is 2. The summed E-state index contributed by atoms with van der Waals surface area (Å²) in [6.45, 7) is 6.29. The molecule has 1 aliphatic carbocycles. The van der Waals surface area contributed by atoms with Crippen molar-refractivity contribution in [3.8, 4) is 0 Å². The molecule has 2 aliphatic rings. The zero-order valence-corrected chi connectivity index (χ0v) is 9.85. The maximum absolute atomic E-state index is 5.42. The van der Waals surface area contributed by atoms with Gasteiger partial charge in [0.05, 0.1) is 13.2 Å². The van der Waals surface area contributed by atoms with Crippen LogP contribution in [-0.4, -0.2) is 26.3 Å². The third-order valence-corrected chi connectivity index (χ3v) is 4.00. The molecule has 0 radical (unpaired) electrons. The largest absolute Gasteiger partial charge is 0.377 e. The molecule has 0 spiro atoms. The highest BCUT2D eigenvalue weighted by Crippen LogP contribution is 2.42. The van der Waals surface area contributed by atoms with Crippen molar-refractivity contribution >= 4 is 0 Å². The predicted octanol–water partition coefficient (Wildman–Crippen LogP) is 2.50. The van der Waals surface area contributed by atoms with Crippen molar-refractivity contribution in [1.29, 1.82) is 0 Å². The van der Waals surface area contributed by atoms with Crippen LogP contribution in [0.2, 0.25) is 0 Å². The monoisotopic (exact) mass is 209 g/mol. The van der Waals surface area contributed by atoms with Crippen LogP contribution in [0.15, 0.2) is 11.6 Å². The van der Waals surface area contributed by atoms with Crippen LogP contribution < -0.4 is 5.32 Å². The fourth-order valence-electron chi connectivity index (χ4n) is 2.55. The van der Waals surface area contributed by atoms with E-state index >= 15 is 0 Å². The zero-order valence-electron chi connectivity index (χ0n) is 9.85. The average Bonchev–Trinajstić information content (AvgIpc) is 2.24. The summed E-state index contributed by atoms with van der Waals surface area (Å²) in [6, 6.07) is 0. The van der Waals surface area contributed by atoms with E-state index in [1.807, 2.05) is 0 Å². The smallest absolute Gasteiger partial charge is 0.0689 e. The van der Waals surface area contributed by atoms with Gasteiger partial charge in [0.2, 0.25) is 0 Å². The van der Waals surface area contributed by atoms with E-state index in [0.717, 1.165) is 26.2 Å². The first-order chi connectivity index (χ1) is 7.35. The maximum atomic E-state index is 5.42. The van der Waals surface area contributed by atoms with Gasteiger partial charge in [-0.2, -0.15) is 0 Å². The lowest BCUT2D eigenvalue weighted by molar-refractivity contribution is 0.122. The normalized spacial score (nSPS) is 24.5. The SMILES string of the molecule is CCC1(CNCC2=CCCOC2)CCC1. The molecule has 0 amide bonds. The first-order valence-corrected chi connectivity index (χ1v) is 6.31. The molecule has 0 unspecified atom stereocenters. The van der Waals surface area contributed by atoms with Gasteiger partial charge in [0.25, 0.3) is 0 Å². The van der Waals surface area contributed by atoms with E-state index in [-0.39, 0.29) is 0 Å². The second-order valence-electron chi connectivity index (χ2n) is 5.01. The third-order valence-electron chi connectivity index (χ3n) is 4.00. The first kappa shape index (κ1) is 11.2. The molecule has 0 atom stereocenters. The second kappa shape index (κ2) is 5.13. The van der Waals surface area contributed by atoms with Crippen LogP contribution in [0.4, 0.5) is 0 Å². The topological polar surface area (TPSA) is 21.3 Å². The second-order valence-corrected chi connectivity index (χ2v) is 5.01. The Morgan fingerprint density at radius 1 is 1.47 bits per heavy atom. The van der Waals surface area contributed by atoms with E-state index in [9.17, 15) is 0 Å². The molecule has 15 heavy (non-hydrogen) atoms. The maximum Gasteiger partial charge on any atom is 0.0689 e. The molecule has 1 N–H and O–H groups in total. The Balaban J connectivity index is 1.67. The average molecular weight is 209 g/mol. The molecule has 2 rings (SSSR count). The molecule has 0 bridgehead atoms. The molecule has 86 valence electrons. The van der Waals surface area contributed by atoms with E-state index in [1.54, 1.807) is 0 Å². The van der Waals surface area contributed by atoms with Crippen molar-refractivity contribution in [2.45, 2.75) is 39.0 Å². The lowest BCUT2D eigenvalue weighted by atomic mass is 9.67. The van der Waals surface area contributed by atoms with Gasteiger partial charge < -0.3 is 10.1 Å². The number of ether oxygens (including phenoxy) is 1. The summed E-state index contributed by atoms with van der Waals surface area (Å²) in [4.78, 5) is 0. The van der Waals surface area contributed by atoms with Gasteiger partial charge in [-0.1, -0.05) is 19.4 Å². The quantitative estimate of drug-likeness (QED) is 0.702. The highest BCUT2D eigenvalue weighted by Gasteiger charge is 2.34. The molecule has 1 aliphatic heterocycles. The zero-order chi connectivity index (χ0) is 10.6. The first-order valence-electron chi connectivity index (χ1n) is 6.31. The fourth-order valence-corrected chi connectivity index (χ4v) is 2.55. The minimum Gasteiger partial charge on any atom is -0.377 e. The Morgan fingerprint density at radius 2 is 2.33 bits per heavy atom. The summed E-state index contributed by atoms with van der Waals surface area (Å²) in [5.74, 6) is 0. The van der Waals surface area contributed by atoms with Crippen LogP contribution in [-0.2, 0) is 4.74 Å². The van der Waals surface area contributed by atoms with Crippen molar-refractivity contribution < 1.29 is 4.74 Å². The Labute approximate surface area is 93.1 Å². The van der Waals surface area contributed by atoms with Gasteiger partial charge in [-0.25, -0.2) is 0 Å². The van der Waals surface area contributed by atoms with E-state index in [1.165, 1.54) is 37.8 Å². The van der Waals surface area contributed by atoms with E-state index < -0.39 is 0 Å². The fraction of sp³-hybridized carbons (Fsp3) is 0.846. The minimum atomic E-state index is 0.635. The highest BCUT2D eigenvalue weighted by atomic mass is 16.5. The lowest BCUT2D eigenvalue weighted by Gasteiger charge is -2.41. The van der Waals surface area contributed by atoms with Gasteiger partial charge in [-0.15, -0.1) is 0 Å². The molecule has 0 aromatic carbocycles.